The minimum Gasteiger partial charge on any atom is -0.326 e. The SMILES string of the molecule is CCCC(CC(C)C)C(=O)Nc1ccccc1. The van der Waals surface area contributed by atoms with Crippen molar-refractivity contribution in [1.29, 1.82) is 0 Å². The topological polar surface area (TPSA) is 29.1 Å². The molecule has 0 bridgehead atoms. The van der Waals surface area contributed by atoms with Crippen LogP contribution in [0, 0.1) is 11.8 Å². The number of benzene rings is 1. The first-order valence-electron chi connectivity index (χ1n) is 6.49. The number of anilines is 1. The van der Waals surface area contributed by atoms with Crippen molar-refractivity contribution in [2.45, 2.75) is 40.0 Å². The fourth-order valence-electron chi connectivity index (χ4n) is 2.04. The highest BCUT2D eigenvalue weighted by Gasteiger charge is 2.18. The fourth-order valence-corrected chi connectivity index (χ4v) is 2.04. The van der Waals surface area contributed by atoms with Gasteiger partial charge in [-0.2, -0.15) is 0 Å². The average Bonchev–Trinajstić information content (AvgIpc) is 2.29. The molecular weight excluding hydrogens is 210 g/mol. The number of carbonyl (C=O) groups excluding carboxylic acids is 1. The largest absolute Gasteiger partial charge is 0.326 e. The van der Waals surface area contributed by atoms with Crippen molar-refractivity contribution in [3.05, 3.63) is 30.3 Å². The maximum atomic E-state index is 12.1. The summed E-state index contributed by atoms with van der Waals surface area (Å²) in [5.74, 6) is 0.861. The Morgan fingerprint density at radius 3 is 2.41 bits per heavy atom. The highest BCUT2D eigenvalue weighted by Crippen LogP contribution is 2.19. The molecule has 1 aromatic carbocycles. The molecule has 0 aliphatic carbocycles. The van der Waals surface area contributed by atoms with Crippen LogP contribution in [-0.4, -0.2) is 5.91 Å². The normalized spacial score (nSPS) is 12.5. The third kappa shape index (κ3) is 5.03. The highest BCUT2D eigenvalue weighted by molar-refractivity contribution is 5.92. The Morgan fingerprint density at radius 1 is 1.24 bits per heavy atom. The lowest BCUT2D eigenvalue weighted by molar-refractivity contribution is -0.120. The molecule has 1 amide bonds. The summed E-state index contributed by atoms with van der Waals surface area (Å²) in [6.45, 7) is 6.46. The number of hydrogen-bond acceptors (Lipinski definition) is 1. The Labute approximate surface area is 104 Å². The van der Waals surface area contributed by atoms with Crippen molar-refractivity contribution in [2.75, 3.05) is 5.32 Å². The highest BCUT2D eigenvalue weighted by atomic mass is 16.1. The quantitative estimate of drug-likeness (QED) is 0.788. The van der Waals surface area contributed by atoms with E-state index in [0.717, 1.165) is 24.9 Å². The Bertz CT molecular complexity index is 332. The lowest BCUT2D eigenvalue weighted by atomic mass is 9.92. The van der Waals surface area contributed by atoms with Crippen molar-refractivity contribution < 1.29 is 4.79 Å². The second-order valence-electron chi connectivity index (χ2n) is 4.97. The van der Waals surface area contributed by atoms with Gasteiger partial charge in [0.2, 0.25) is 5.91 Å². The van der Waals surface area contributed by atoms with Crippen molar-refractivity contribution in [1.82, 2.24) is 0 Å². The number of rotatable bonds is 6. The molecule has 0 saturated heterocycles. The summed E-state index contributed by atoms with van der Waals surface area (Å²) >= 11 is 0. The predicted octanol–water partition coefficient (Wildman–Crippen LogP) is 4.09. The minimum absolute atomic E-state index is 0.139. The average molecular weight is 233 g/mol. The van der Waals surface area contributed by atoms with E-state index < -0.39 is 0 Å². The van der Waals surface area contributed by atoms with Gasteiger partial charge in [0, 0.05) is 11.6 Å². The standard InChI is InChI=1S/C15H23NO/c1-4-8-13(11-12(2)3)15(17)16-14-9-6-5-7-10-14/h5-7,9-10,12-13H,4,8,11H2,1-3H3,(H,16,17). The van der Waals surface area contributed by atoms with E-state index in [9.17, 15) is 4.79 Å². The van der Waals surface area contributed by atoms with Crippen LogP contribution in [0.4, 0.5) is 5.69 Å². The molecule has 2 nitrogen and oxygen atoms in total. The molecule has 1 aromatic rings. The van der Waals surface area contributed by atoms with E-state index in [0.29, 0.717) is 5.92 Å². The second-order valence-corrected chi connectivity index (χ2v) is 4.97. The lowest BCUT2D eigenvalue weighted by Gasteiger charge is -2.18. The maximum Gasteiger partial charge on any atom is 0.227 e. The summed E-state index contributed by atoms with van der Waals surface area (Å²) in [4.78, 5) is 12.1. The van der Waals surface area contributed by atoms with Gasteiger partial charge >= 0.3 is 0 Å². The number of amides is 1. The van der Waals surface area contributed by atoms with Crippen LogP contribution in [0.5, 0.6) is 0 Å². The van der Waals surface area contributed by atoms with E-state index in [-0.39, 0.29) is 11.8 Å². The summed E-state index contributed by atoms with van der Waals surface area (Å²) in [5.41, 5.74) is 0.891. The summed E-state index contributed by atoms with van der Waals surface area (Å²) in [6, 6.07) is 9.68. The lowest BCUT2D eigenvalue weighted by Crippen LogP contribution is -2.24. The smallest absolute Gasteiger partial charge is 0.227 e. The second kappa shape index (κ2) is 7.10. The molecule has 1 N–H and O–H groups in total. The maximum absolute atomic E-state index is 12.1. The molecule has 17 heavy (non-hydrogen) atoms. The molecule has 0 spiro atoms. The van der Waals surface area contributed by atoms with Crippen LogP contribution in [0.1, 0.15) is 40.0 Å². The minimum atomic E-state index is 0.139. The molecule has 1 rings (SSSR count). The molecule has 0 fully saturated rings. The van der Waals surface area contributed by atoms with E-state index in [1.165, 1.54) is 0 Å². The monoisotopic (exact) mass is 233 g/mol. The van der Waals surface area contributed by atoms with Crippen LogP contribution in [0.25, 0.3) is 0 Å². The van der Waals surface area contributed by atoms with Gasteiger partial charge in [0.15, 0.2) is 0 Å². The molecule has 0 aliphatic heterocycles. The molecule has 1 atom stereocenters. The molecule has 0 heterocycles. The van der Waals surface area contributed by atoms with Crippen LogP contribution in [0.3, 0.4) is 0 Å². The van der Waals surface area contributed by atoms with Crippen molar-refractivity contribution in [2.24, 2.45) is 11.8 Å². The first-order chi connectivity index (χ1) is 8.13. The van der Waals surface area contributed by atoms with Crippen LogP contribution in [-0.2, 0) is 4.79 Å². The van der Waals surface area contributed by atoms with E-state index in [1.54, 1.807) is 0 Å². The third-order valence-corrected chi connectivity index (χ3v) is 2.81. The summed E-state index contributed by atoms with van der Waals surface area (Å²) in [7, 11) is 0. The molecule has 0 aromatic heterocycles. The number of nitrogens with one attached hydrogen (secondary N) is 1. The number of hydrogen-bond donors (Lipinski definition) is 1. The van der Waals surface area contributed by atoms with Crippen LogP contribution in [0.2, 0.25) is 0 Å². The molecule has 1 unspecified atom stereocenters. The van der Waals surface area contributed by atoms with Gasteiger partial charge in [-0.3, -0.25) is 4.79 Å². The zero-order chi connectivity index (χ0) is 12.7. The van der Waals surface area contributed by atoms with Gasteiger partial charge in [0.1, 0.15) is 0 Å². The first kappa shape index (κ1) is 13.8. The summed E-state index contributed by atoms with van der Waals surface area (Å²) in [5, 5.41) is 2.99. The van der Waals surface area contributed by atoms with Gasteiger partial charge in [0.05, 0.1) is 0 Å². The fraction of sp³-hybridized carbons (Fsp3) is 0.533. The van der Waals surface area contributed by atoms with E-state index in [1.807, 2.05) is 30.3 Å². The van der Waals surface area contributed by atoms with Gasteiger partial charge in [-0.15, -0.1) is 0 Å². The van der Waals surface area contributed by atoms with Gasteiger partial charge < -0.3 is 5.32 Å². The van der Waals surface area contributed by atoms with Crippen molar-refractivity contribution in [3.8, 4) is 0 Å². The zero-order valence-corrected chi connectivity index (χ0v) is 11.1. The molecule has 0 aliphatic rings. The molecule has 94 valence electrons. The molecular formula is C15H23NO. The van der Waals surface area contributed by atoms with E-state index in [4.69, 9.17) is 0 Å². The number of para-hydroxylation sites is 1. The van der Waals surface area contributed by atoms with Gasteiger partial charge in [-0.05, 0) is 30.9 Å². The van der Waals surface area contributed by atoms with Crippen LogP contribution >= 0.6 is 0 Å². The molecule has 0 saturated carbocycles. The van der Waals surface area contributed by atoms with Gasteiger partial charge in [0.25, 0.3) is 0 Å². The van der Waals surface area contributed by atoms with E-state index in [2.05, 4.69) is 26.1 Å². The van der Waals surface area contributed by atoms with Crippen LogP contribution in [0.15, 0.2) is 30.3 Å². The predicted molar refractivity (Wildman–Crippen MR) is 72.9 cm³/mol. The van der Waals surface area contributed by atoms with Crippen LogP contribution < -0.4 is 5.32 Å². The summed E-state index contributed by atoms with van der Waals surface area (Å²) < 4.78 is 0. The number of carbonyl (C=O) groups is 1. The Kier molecular flexibility index (Phi) is 5.75. The van der Waals surface area contributed by atoms with Gasteiger partial charge in [-0.1, -0.05) is 45.4 Å². The van der Waals surface area contributed by atoms with E-state index >= 15 is 0 Å². The molecule has 2 heteroatoms. The Hall–Kier alpha value is -1.31. The first-order valence-corrected chi connectivity index (χ1v) is 6.49. The Morgan fingerprint density at radius 2 is 1.88 bits per heavy atom. The van der Waals surface area contributed by atoms with Crippen molar-refractivity contribution >= 4 is 11.6 Å². The zero-order valence-electron chi connectivity index (χ0n) is 11.1. The third-order valence-electron chi connectivity index (χ3n) is 2.81. The van der Waals surface area contributed by atoms with Crippen molar-refractivity contribution in [3.63, 3.8) is 0 Å². The summed E-state index contributed by atoms with van der Waals surface area (Å²) in [6.07, 6.45) is 2.99. The van der Waals surface area contributed by atoms with Gasteiger partial charge in [-0.25, -0.2) is 0 Å². The molecule has 0 radical (unpaired) electrons. The Balaban J connectivity index is 2.59.